The van der Waals surface area contributed by atoms with E-state index in [2.05, 4.69) is 20.7 Å². The average molecular weight is 355 g/mol. The van der Waals surface area contributed by atoms with Crippen molar-refractivity contribution in [3.05, 3.63) is 58.6 Å². The molecule has 0 heterocycles. The van der Waals surface area contributed by atoms with Crippen LogP contribution in [0.15, 0.2) is 57.9 Å². The average Bonchev–Trinajstić information content (AvgIpc) is 2.38. The number of hydrogen-bond donors (Lipinski definition) is 2. The Labute approximate surface area is 127 Å². The van der Waals surface area contributed by atoms with Gasteiger partial charge in [0.25, 0.3) is 0 Å². The van der Waals surface area contributed by atoms with Gasteiger partial charge in [-0.1, -0.05) is 46.3 Å². The molecule has 0 aliphatic carbocycles. The van der Waals surface area contributed by atoms with E-state index in [4.69, 9.17) is 5.73 Å². The molecule has 0 aliphatic rings. The second-order valence-electron chi connectivity index (χ2n) is 4.44. The van der Waals surface area contributed by atoms with Gasteiger partial charge in [0, 0.05) is 10.5 Å². The molecule has 2 aromatic rings. The lowest BCUT2D eigenvalue weighted by Crippen LogP contribution is -2.27. The van der Waals surface area contributed by atoms with Crippen molar-refractivity contribution < 1.29 is 8.42 Å². The zero-order chi connectivity index (χ0) is 14.8. The fraction of sp³-hybridized carbons (Fsp3) is 0.143. The smallest absolute Gasteiger partial charge is 0.243 e. The van der Waals surface area contributed by atoms with E-state index in [0.29, 0.717) is 0 Å². The maximum Gasteiger partial charge on any atom is 0.243 e. The van der Waals surface area contributed by atoms with Crippen molar-refractivity contribution in [3.8, 4) is 0 Å². The Morgan fingerprint density at radius 3 is 2.40 bits per heavy atom. The first kappa shape index (κ1) is 15.0. The van der Waals surface area contributed by atoms with Gasteiger partial charge in [0.05, 0.1) is 5.69 Å². The first-order valence-electron chi connectivity index (χ1n) is 6.02. The fourth-order valence-corrected chi connectivity index (χ4v) is 3.59. The molecule has 0 bridgehead atoms. The summed E-state index contributed by atoms with van der Waals surface area (Å²) in [5.41, 5.74) is 6.88. The summed E-state index contributed by atoms with van der Waals surface area (Å²) < 4.78 is 28.1. The van der Waals surface area contributed by atoms with E-state index in [-0.39, 0.29) is 16.6 Å². The van der Waals surface area contributed by atoms with E-state index in [0.717, 1.165) is 10.0 Å². The molecule has 0 saturated heterocycles. The van der Waals surface area contributed by atoms with Crippen LogP contribution in [0.1, 0.15) is 18.5 Å². The summed E-state index contributed by atoms with van der Waals surface area (Å²) in [5.74, 6) is 0. The highest BCUT2D eigenvalue weighted by Gasteiger charge is 2.20. The summed E-state index contributed by atoms with van der Waals surface area (Å²) in [6.07, 6.45) is 0. The Balaban J connectivity index is 2.28. The molecule has 6 heteroatoms. The zero-order valence-electron chi connectivity index (χ0n) is 10.9. The van der Waals surface area contributed by atoms with Crippen LogP contribution in [0.5, 0.6) is 0 Å². The standard InChI is InChI=1S/C14H15BrN2O2S/c1-10(11-5-3-2-4-6-11)17-20(18,19)14-8-7-12(15)9-13(14)16/h2-10,17H,16H2,1H3. The molecule has 0 amide bonds. The van der Waals surface area contributed by atoms with E-state index in [1.54, 1.807) is 19.1 Å². The Morgan fingerprint density at radius 2 is 1.80 bits per heavy atom. The first-order chi connectivity index (χ1) is 9.40. The molecular formula is C14H15BrN2O2S. The van der Waals surface area contributed by atoms with Gasteiger partial charge in [0.15, 0.2) is 0 Å². The van der Waals surface area contributed by atoms with Crippen LogP contribution in [0.25, 0.3) is 0 Å². The Morgan fingerprint density at radius 1 is 1.15 bits per heavy atom. The molecule has 0 aliphatic heterocycles. The lowest BCUT2D eigenvalue weighted by atomic mass is 10.1. The number of hydrogen-bond acceptors (Lipinski definition) is 3. The van der Waals surface area contributed by atoms with Gasteiger partial charge in [0.2, 0.25) is 10.0 Å². The molecule has 4 nitrogen and oxygen atoms in total. The number of nitrogens with one attached hydrogen (secondary N) is 1. The Bertz CT molecular complexity index is 702. The van der Waals surface area contributed by atoms with Gasteiger partial charge in [-0.2, -0.15) is 0 Å². The molecule has 2 rings (SSSR count). The monoisotopic (exact) mass is 354 g/mol. The maximum atomic E-state index is 12.3. The lowest BCUT2D eigenvalue weighted by molar-refractivity contribution is 0.567. The highest BCUT2D eigenvalue weighted by molar-refractivity contribution is 9.10. The van der Waals surface area contributed by atoms with Crippen molar-refractivity contribution in [1.29, 1.82) is 0 Å². The van der Waals surface area contributed by atoms with Crippen LogP contribution in [-0.4, -0.2) is 8.42 Å². The molecule has 1 atom stereocenters. The molecule has 0 radical (unpaired) electrons. The van der Waals surface area contributed by atoms with Crippen molar-refractivity contribution in [2.45, 2.75) is 17.9 Å². The van der Waals surface area contributed by atoms with Crippen LogP contribution < -0.4 is 10.5 Å². The van der Waals surface area contributed by atoms with Gasteiger partial charge in [-0.15, -0.1) is 0 Å². The number of sulfonamides is 1. The van der Waals surface area contributed by atoms with Crippen LogP contribution in [0.4, 0.5) is 5.69 Å². The minimum atomic E-state index is -3.65. The molecule has 0 aromatic heterocycles. The Kier molecular flexibility index (Phi) is 4.47. The van der Waals surface area contributed by atoms with Gasteiger partial charge in [-0.05, 0) is 30.7 Å². The highest BCUT2D eigenvalue weighted by atomic mass is 79.9. The number of nitrogen functional groups attached to an aromatic ring is 1. The van der Waals surface area contributed by atoms with Gasteiger partial charge in [0.1, 0.15) is 4.90 Å². The summed E-state index contributed by atoms with van der Waals surface area (Å²) >= 11 is 3.26. The number of rotatable bonds is 4. The fourth-order valence-electron chi connectivity index (χ4n) is 1.87. The highest BCUT2D eigenvalue weighted by Crippen LogP contribution is 2.24. The molecule has 2 aromatic carbocycles. The summed E-state index contributed by atoms with van der Waals surface area (Å²) in [4.78, 5) is 0.0866. The summed E-state index contributed by atoms with van der Waals surface area (Å²) in [6.45, 7) is 1.79. The summed E-state index contributed by atoms with van der Waals surface area (Å²) in [7, 11) is -3.65. The van der Waals surface area contributed by atoms with E-state index >= 15 is 0 Å². The van der Waals surface area contributed by atoms with Crippen LogP contribution in [0.2, 0.25) is 0 Å². The molecule has 1 unspecified atom stereocenters. The number of halogens is 1. The van der Waals surface area contributed by atoms with Crippen molar-refractivity contribution in [3.63, 3.8) is 0 Å². The van der Waals surface area contributed by atoms with Crippen LogP contribution in [0, 0.1) is 0 Å². The molecular weight excluding hydrogens is 340 g/mol. The van der Waals surface area contributed by atoms with Gasteiger partial charge < -0.3 is 5.73 Å². The minimum absolute atomic E-state index is 0.0866. The van der Waals surface area contributed by atoms with Gasteiger partial charge in [-0.25, -0.2) is 13.1 Å². The van der Waals surface area contributed by atoms with Crippen LogP contribution in [-0.2, 0) is 10.0 Å². The Hall–Kier alpha value is -1.37. The normalized spacial score (nSPS) is 13.1. The SMILES string of the molecule is CC(NS(=O)(=O)c1ccc(Br)cc1N)c1ccccc1. The third-order valence-electron chi connectivity index (χ3n) is 2.89. The van der Waals surface area contributed by atoms with Gasteiger partial charge >= 0.3 is 0 Å². The first-order valence-corrected chi connectivity index (χ1v) is 8.30. The molecule has 0 saturated carbocycles. The molecule has 0 fully saturated rings. The largest absolute Gasteiger partial charge is 0.398 e. The third-order valence-corrected chi connectivity index (χ3v) is 5.00. The summed E-state index contributed by atoms with van der Waals surface area (Å²) in [6, 6.07) is 13.7. The van der Waals surface area contributed by atoms with Crippen molar-refractivity contribution >= 4 is 31.6 Å². The van der Waals surface area contributed by atoms with E-state index < -0.39 is 10.0 Å². The van der Waals surface area contributed by atoms with Crippen molar-refractivity contribution in [2.24, 2.45) is 0 Å². The summed E-state index contributed by atoms with van der Waals surface area (Å²) in [5, 5.41) is 0. The predicted molar refractivity (Wildman–Crippen MR) is 83.7 cm³/mol. The third kappa shape index (κ3) is 3.39. The number of anilines is 1. The molecule has 0 spiro atoms. The topological polar surface area (TPSA) is 72.2 Å². The van der Waals surface area contributed by atoms with Crippen LogP contribution >= 0.6 is 15.9 Å². The van der Waals surface area contributed by atoms with E-state index in [9.17, 15) is 8.42 Å². The van der Waals surface area contributed by atoms with Crippen molar-refractivity contribution in [1.82, 2.24) is 4.72 Å². The van der Waals surface area contributed by atoms with Crippen molar-refractivity contribution in [2.75, 3.05) is 5.73 Å². The van der Waals surface area contributed by atoms with E-state index in [1.165, 1.54) is 6.07 Å². The molecule has 3 N–H and O–H groups in total. The zero-order valence-corrected chi connectivity index (χ0v) is 13.3. The predicted octanol–water partition coefficient (Wildman–Crippen LogP) is 3.07. The van der Waals surface area contributed by atoms with Crippen LogP contribution in [0.3, 0.4) is 0 Å². The molecule has 106 valence electrons. The number of nitrogens with two attached hydrogens (primary N) is 1. The number of benzene rings is 2. The lowest BCUT2D eigenvalue weighted by Gasteiger charge is -2.15. The van der Waals surface area contributed by atoms with Gasteiger partial charge in [-0.3, -0.25) is 0 Å². The maximum absolute atomic E-state index is 12.3. The quantitative estimate of drug-likeness (QED) is 0.828. The minimum Gasteiger partial charge on any atom is -0.398 e. The molecule has 20 heavy (non-hydrogen) atoms. The second-order valence-corrected chi connectivity index (χ2v) is 7.03. The second kappa shape index (κ2) is 5.95. The van der Waals surface area contributed by atoms with E-state index in [1.807, 2.05) is 30.3 Å².